The van der Waals surface area contributed by atoms with Gasteiger partial charge in [0, 0.05) is 36.8 Å². The molecule has 3 aromatic carbocycles. The van der Waals surface area contributed by atoms with Crippen molar-refractivity contribution in [3.63, 3.8) is 0 Å². The lowest BCUT2D eigenvalue weighted by molar-refractivity contribution is 0.0827. The fourth-order valence-electron chi connectivity index (χ4n) is 2.93. The van der Waals surface area contributed by atoms with E-state index in [0.29, 0.717) is 16.3 Å². The summed E-state index contributed by atoms with van der Waals surface area (Å²) in [5, 5.41) is 3.15. The summed E-state index contributed by atoms with van der Waals surface area (Å²) in [6, 6.07) is 19.0. The lowest BCUT2D eigenvalue weighted by Gasteiger charge is -2.12. The lowest BCUT2D eigenvalue weighted by atomic mass is 10.1. The summed E-state index contributed by atoms with van der Waals surface area (Å²) in [5.74, 6) is -0.572. The smallest absolute Gasteiger partial charge is 0.261 e. The Morgan fingerprint density at radius 1 is 0.906 bits per heavy atom. The lowest BCUT2D eigenvalue weighted by Crippen LogP contribution is -2.24. The highest BCUT2D eigenvalue weighted by Crippen LogP contribution is 2.20. The number of nitrogens with one attached hydrogen (secondary N) is 2. The van der Waals surface area contributed by atoms with Crippen molar-refractivity contribution < 1.29 is 18.0 Å². The van der Waals surface area contributed by atoms with Gasteiger partial charge in [0.05, 0.1) is 10.6 Å². The second-order valence-corrected chi connectivity index (χ2v) is 9.35. The Labute approximate surface area is 192 Å². The molecule has 3 rings (SSSR count). The summed E-state index contributed by atoms with van der Waals surface area (Å²) in [5.41, 5.74) is 1.78. The van der Waals surface area contributed by atoms with Crippen LogP contribution in [0, 0.1) is 0 Å². The van der Waals surface area contributed by atoms with Crippen LogP contribution in [0.25, 0.3) is 0 Å². The number of carbonyl (C=O) groups is 2. The molecular weight excluding hydrogens is 450 g/mol. The van der Waals surface area contributed by atoms with E-state index in [9.17, 15) is 18.0 Å². The molecule has 0 heterocycles. The van der Waals surface area contributed by atoms with E-state index in [1.165, 1.54) is 35.2 Å². The summed E-state index contributed by atoms with van der Waals surface area (Å²) >= 11 is 5.91. The molecule has 0 saturated heterocycles. The molecule has 3 aromatic rings. The zero-order chi connectivity index (χ0) is 23.3. The van der Waals surface area contributed by atoms with E-state index >= 15 is 0 Å². The first kappa shape index (κ1) is 23.3. The van der Waals surface area contributed by atoms with Crippen molar-refractivity contribution in [2.75, 3.05) is 18.8 Å². The Morgan fingerprint density at radius 2 is 1.59 bits per heavy atom. The van der Waals surface area contributed by atoms with Crippen molar-refractivity contribution in [3.05, 3.63) is 94.5 Å². The van der Waals surface area contributed by atoms with Gasteiger partial charge in [-0.15, -0.1) is 0 Å². The first-order valence-corrected chi connectivity index (χ1v) is 11.5. The van der Waals surface area contributed by atoms with Crippen LogP contribution in [0.2, 0.25) is 5.02 Å². The average Bonchev–Trinajstić information content (AvgIpc) is 2.77. The molecule has 0 aliphatic carbocycles. The summed E-state index contributed by atoms with van der Waals surface area (Å²) in [7, 11) is -0.576. The molecule has 0 atom stereocenters. The van der Waals surface area contributed by atoms with Gasteiger partial charge in [0.2, 0.25) is 0 Å². The van der Waals surface area contributed by atoms with Crippen LogP contribution in [0.1, 0.15) is 26.3 Å². The third kappa shape index (κ3) is 5.87. The quantitative estimate of drug-likeness (QED) is 0.548. The third-order valence-corrected chi connectivity index (χ3v) is 6.13. The summed E-state index contributed by atoms with van der Waals surface area (Å²) < 4.78 is 27.8. The molecule has 0 aromatic heterocycles. The zero-order valence-electron chi connectivity index (χ0n) is 17.5. The Morgan fingerprint density at radius 3 is 2.31 bits per heavy atom. The van der Waals surface area contributed by atoms with Crippen molar-refractivity contribution in [2.45, 2.75) is 11.4 Å². The Balaban J connectivity index is 1.72. The number of halogens is 1. The van der Waals surface area contributed by atoms with Crippen LogP contribution in [0.15, 0.2) is 77.7 Å². The highest BCUT2D eigenvalue weighted by molar-refractivity contribution is 7.92. The predicted octanol–water partition coefficient (Wildman–Crippen LogP) is 3.77. The Kier molecular flexibility index (Phi) is 7.17. The number of hydrogen-bond acceptors (Lipinski definition) is 4. The normalized spacial score (nSPS) is 11.0. The van der Waals surface area contributed by atoms with Gasteiger partial charge in [-0.3, -0.25) is 14.3 Å². The number of carbonyl (C=O) groups excluding carboxylic acids is 2. The first-order chi connectivity index (χ1) is 15.2. The molecule has 7 nitrogen and oxygen atoms in total. The van der Waals surface area contributed by atoms with Crippen LogP contribution in [-0.4, -0.2) is 39.2 Å². The molecule has 0 fully saturated rings. The van der Waals surface area contributed by atoms with Crippen molar-refractivity contribution >= 4 is 39.1 Å². The van der Waals surface area contributed by atoms with Crippen molar-refractivity contribution in [2.24, 2.45) is 0 Å². The van der Waals surface area contributed by atoms with Gasteiger partial charge in [-0.05, 0) is 54.1 Å². The highest BCUT2D eigenvalue weighted by atomic mass is 35.5. The molecule has 9 heteroatoms. The fourth-order valence-corrected chi connectivity index (χ4v) is 4.21. The second kappa shape index (κ2) is 9.84. The average molecular weight is 472 g/mol. The number of anilines is 1. The van der Waals surface area contributed by atoms with Gasteiger partial charge in [-0.1, -0.05) is 35.9 Å². The molecule has 0 aliphatic rings. The molecule has 0 bridgehead atoms. The number of rotatable bonds is 7. The van der Waals surface area contributed by atoms with Gasteiger partial charge in [0.1, 0.15) is 0 Å². The number of nitrogens with zero attached hydrogens (tertiary/aromatic N) is 1. The standard InChI is InChI=1S/C23H22ClN3O4S/c1-27(2)23(29)18-8-3-6-16(12-18)15-25-22(28)17-7-4-11-21(13-17)32(30,31)26-20-10-5-9-19(24)14-20/h3-14,26H,15H2,1-2H3,(H,25,28). The fraction of sp³-hybridized carbons (Fsp3) is 0.130. The zero-order valence-corrected chi connectivity index (χ0v) is 19.1. The topological polar surface area (TPSA) is 95.6 Å². The van der Waals surface area contributed by atoms with Gasteiger partial charge in [-0.2, -0.15) is 0 Å². The van der Waals surface area contributed by atoms with Gasteiger partial charge in [0.25, 0.3) is 21.8 Å². The number of amides is 2. The first-order valence-electron chi connectivity index (χ1n) is 9.63. The van der Waals surface area contributed by atoms with E-state index in [2.05, 4.69) is 10.0 Å². The van der Waals surface area contributed by atoms with Crippen LogP contribution >= 0.6 is 11.6 Å². The van der Waals surface area contributed by atoms with Crippen LogP contribution in [0.3, 0.4) is 0 Å². The predicted molar refractivity (Wildman–Crippen MR) is 124 cm³/mol. The van der Waals surface area contributed by atoms with E-state index in [1.54, 1.807) is 56.6 Å². The summed E-state index contributed by atoms with van der Waals surface area (Å²) in [6.07, 6.45) is 0. The van der Waals surface area contributed by atoms with Crippen LogP contribution in [0.4, 0.5) is 5.69 Å². The summed E-state index contributed by atoms with van der Waals surface area (Å²) in [4.78, 5) is 26.1. The van der Waals surface area contributed by atoms with Crippen LogP contribution in [-0.2, 0) is 16.6 Å². The molecule has 0 aliphatic heterocycles. The van der Waals surface area contributed by atoms with Crippen LogP contribution in [0.5, 0.6) is 0 Å². The maximum atomic E-state index is 12.7. The third-order valence-electron chi connectivity index (χ3n) is 4.52. The number of sulfonamides is 1. The minimum Gasteiger partial charge on any atom is -0.348 e. The van der Waals surface area contributed by atoms with Crippen molar-refractivity contribution in [1.82, 2.24) is 10.2 Å². The van der Waals surface area contributed by atoms with Crippen LogP contribution < -0.4 is 10.0 Å². The molecule has 0 unspecified atom stereocenters. The second-order valence-electron chi connectivity index (χ2n) is 7.23. The molecule has 166 valence electrons. The minimum atomic E-state index is -3.91. The van der Waals surface area contributed by atoms with E-state index in [0.717, 1.165) is 5.56 Å². The SMILES string of the molecule is CN(C)C(=O)c1cccc(CNC(=O)c2cccc(S(=O)(=O)Nc3cccc(Cl)c3)c2)c1. The van der Waals surface area contributed by atoms with Gasteiger partial charge in [-0.25, -0.2) is 8.42 Å². The highest BCUT2D eigenvalue weighted by Gasteiger charge is 2.17. The molecule has 0 radical (unpaired) electrons. The maximum absolute atomic E-state index is 12.7. The summed E-state index contributed by atoms with van der Waals surface area (Å²) in [6.45, 7) is 0.186. The molecule has 0 spiro atoms. The van der Waals surface area contributed by atoms with E-state index in [4.69, 9.17) is 11.6 Å². The van der Waals surface area contributed by atoms with Gasteiger partial charge >= 0.3 is 0 Å². The molecular formula is C23H22ClN3O4S. The Hall–Kier alpha value is -3.36. The molecule has 2 N–H and O–H groups in total. The minimum absolute atomic E-state index is 0.0521. The monoisotopic (exact) mass is 471 g/mol. The number of hydrogen-bond donors (Lipinski definition) is 2. The molecule has 32 heavy (non-hydrogen) atoms. The largest absolute Gasteiger partial charge is 0.348 e. The van der Waals surface area contributed by atoms with Crippen molar-refractivity contribution in [1.29, 1.82) is 0 Å². The van der Waals surface area contributed by atoms with Gasteiger partial charge in [0.15, 0.2) is 0 Å². The number of benzene rings is 3. The van der Waals surface area contributed by atoms with Crippen molar-refractivity contribution in [3.8, 4) is 0 Å². The molecule has 2 amide bonds. The van der Waals surface area contributed by atoms with Gasteiger partial charge < -0.3 is 10.2 Å². The molecule has 0 saturated carbocycles. The van der Waals surface area contributed by atoms with E-state index in [-0.39, 0.29) is 22.9 Å². The Bertz CT molecular complexity index is 1260. The maximum Gasteiger partial charge on any atom is 0.261 e. The van der Waals surface area contributed by atoms with E-state index < -0.39 is 15.9 Å². The van der Waals surface area contributed by atoms with E-state index in [1.807, 2.05) is 0 Å².